The van der Waals surface area contributed by atoms with Crippen LogP contribution < -0.4 is 11.1 Å². The largest absolute Gasteiger partial charge is 0.355 e. The minimum absolute atomic E-state index is 0.117. The van der Waals surface area contributed by atoms with E-state index in [9.17, 15) is 4.79 Å². The van der Waals surface area contributed by atoms with Crippen molar-refractivity contribution in [2.24, 2.45) is 17.1 Å². The van der Waals surface area contributed by atoms with Crippen LogP contribution in [-0.2, 0) is 4.79 Å². The molecule has 0 spiro atoms. The van der Waals surface area contributed by atoms with Gasteiger partial charge in [0.15, 0.2) is 0 Å². The van der Waals surface area contributed by atoms with Gasteiger partial charge in [0.25, 0.3) is 0 Å². The molecule has 1 saturated carbocycles. The van der Waals surface area contributed by atoms with E-state index in [1.165, 1.54) is 32.1 Å². The van der Waals surface area contributed by atoms with Gasteiger partial charge < -0.3 is 11.1 Å². The topological polar surface area (TPSA) is 55.1 Å². The monoisotopic (exact) mass is 268 g/mol. The molecule has 112 valence electrons. The smallest absolute Gasteiger partial charge is 0.222 e. The summed E-state index contributed by atoms with van der Waals surface area (Å²) >= 11 is 0. The number of carbonyl (C=O) groups is 1. The Morgan fingerprint density at radius 2 is 1.84 bits per heavy atom. The average Bonchev–Trinajstić information content (AvgIpc) is 2.36. The molecule has 3 nitrogen and oxygen atoms in total. The molecule has 1 aliphatic rings. The molecule has 1 fully saturated rings. The van der Waals surface area contributed by atoms with Crippen molar-refractivity contribution in [3.05, 3.63) is 0 Å². The van der Waals surface area contributed by atoms with Gasteiger partial charge in [-0.1, -0.05) is 39.5 Å². The molecule has 0 aromatic carbocycles. The Morgan fingerprint density at radius 3 is 2.42 bits per heavy atom. The Hall–Kier alpha value is -0.570. The van der Waals surface area contributed by atoms with E-state index in [0.29, 0.717) is 5.41 Å². The number of hydrogen-bond donors (Lipinski definition) is 2. The lowest BCUT2D eigenvalue weighted by atomic mass is 9.75. The Labute approximate surface area is 118 Å². The predicted molar refractivity (Wildman–Crippen MR) is 80.9 cm³/mol. The Morgan fingerprint density at radius 1 is 1.21 bits per heavy atom. The Balaban J connectivity index is 2.22. The summed E-state index contributed by atoms with van der Waals surface area (Å²) in [5.74, 6) is 0.336. The van der Waals surface area contributed by atoms with Gasteiger partial charge in [-0.25, -0.2) is 0 Å². The highest BCUT2D eigenvalue weighted by Crippen LogP contribution is 2.34. The molecule has 0 radical (unpaired) electrons. The first-order valence-corrected chi connectivity index (χ1v) is 7.96. The van der Waals surface area contributed by atoms with Crippen LogP contribution in [0.5, 0.6) is 0 Å². The number of nitrogens with one attached hydrogen (secondary N) is 1. The van der Waals surface area contributed by atoms with Gasteiger partial charge in [-0.3, -0.25) is 4.79 Å². The first-order valence-electron chi connectivity index (χ1n) is 7.96. The molecule has 3 heteroatoms. The van der Waals surface area contributed by atoms with Gasteiger partial charge in [0.05, 0.1) is 0 Å². The molecule has 0 saturated heterocycles. The molecule has 0 aromatic rings. The molecule has 1 aliphatic carbocycles. The van der Waals surface area contributed by atoms with Gasteiger partial charge in [-0.05, 0) is 38.0 Å². The number of hydrogen-bond acceptors (Lipinski definition) is 2. The highest BCUT2D eigenvalue weighted by Gasteiger charge is 2.27. The van der Waals surface area contributed by atoms with E-state index in [-0.39, 0.29) is 17.9 Å². The molecule has 0 aliphatic heterocycles. The van der Waals surface area contributed by atoms with Crippen molar-refractivity contribution in [1.82, 2.24) is 5.32 Å². The fraction of sp³-hybridized carbons (Fsp3) is 0.938. The minimum Gasteiger partial charge on any atom is -0.355 e. The second-order valence-electron chi connectivity index (χ2n) is 6.90. The van der Waals surface area contributed by atoms with Crippen LogP contribution in [-0.4, -0.2) is 18.5 Å². The minimum atomic E-state index is 0.117. The third-order valence-electron chi connectivity index (χ3n) is 4.49. The van der Waals surface area contributed by atoms with E-state index in [4.69, 9.17) is 5.73 Å². The van der Waals surface area contributed by atoms with Crippen LogP contribution in [0, 0.1) is 11.3 Å². The van der Waals surface area contributed by atoms with Crippen LogP contribution in [0.3, 0.4) is 0 Å². The summed E-state index contributed by atoms with van der Waals surface area (Å²) in [5, 5.41) is 3.16. The molecule has 1 amide bonds. The van der Waals surface area contributed by atoms with Crippen LogP contribution in [0.15, 0.2) is 0 Å². The first kappa shape index (κ1) is 16.5. The van der Waals surface area contributed by atoms with Crippen LogP contribution >= 0.6 is 0 Å². The van der Waals surface area contributed by atoms with E-state index in [1.807, 2.05) is 13.8 Å². The van der Waals surface area contributed by atoms with Gasteiger partial charge in [0.1, 0.15) is 0 Å². The molecular weight excluding hydrogens is 236 g/mol. The summed E-state index contributed by atoms with van der Waals surface area (Å²) in [7, 11) is 0. The Bertz CT molecular complexity index is 270. The van der Waals surface area contributed by atoms with Crippen LogP contribution in [0.2, 0.25) is 0 Å². The lowest BCUT2D eigenvalue weighted by Gasteiger charge is -2.34. The van der Waals surface area contributed by atoms with Crippen molar-refractivity contribution in [2.75, 3.05) is 6.54 Å². The molecule has 1 rings (SSSR count). The number of carbonyl (C=O) groups excluding carboxylic acids is 1. The molecule has 0 bridgehead atoms. The predicted octanol–water partition coefficient (Wildman–Crippen LogP) is 3.23. The van der Waals surface area contributed by atoms with Crippen molar-refractivity contribution in [3.63, 3.8) is 0 Å². The highest BCUT2D eigenvalue weighted by atomic mass is 16.1. The summed E-state index contributed by atoms with van der Waals surface area (Å²) < 4.78 is 0. The van der Waals surface area contributed by atoms with E-state index >= 15 is 0 Å². The zero-order valence-electron chi connectivity index (χ0n) is 13.0. The third-order valence-corrected chi connectivity index (χ3v) is 4.49. The van der Waals surface area contributed by atoms with Crippen molar-refractivity contribution in [1.29, 1.82) is 0 Å². The normalized spacial score (nSPS) is 21.7. The zero-order chi connectivity index (χ0) is 14.3. The SMILES string of the molecule is CC(N)CCCC(C)C(=O)NCC1(C)CCCCC1. The van der Waals surface area contributed by atoms with Gasteiger partial charge in [0.2, 0.25) is 5.91 Å². The molecule has 2 atom stereocenters. The lowest BCUT2D eigenvalue weighted by Crippen LogP contribution is -2.39. The zero-order valence-corrected chi connectivity index (χ0v) is 13.0. The maximum Gasteiger partial charge on any atom is 0.222 e. The fourth-order valence-corrected chi connectivity index (χ4v) is 2.93. The second kappa shape index (κ2) is 7.88. The van der Waals surface area contributed by atoms with Crippen LogP contribution in [0.4, 0.5) is 0 Å². The summed E-state index contributed by atoms with van der Waals surface area (Å²) in [6, 6.07) is 0.247. The molecule has 19 heavy (non-hydrogen) atoms. The molecular formula is C16H32N2O. The Kier molecular flexibility index (Phi) is 6.84. The van der Waals surface area contributed by atoms with E-state index in [1.54, 1.807) is 0 Å². The highest BCUT2D eigenvalue weighted by molar-refractivity contribution is 5.78. The van der Waals surface area contributed by atoms with Crippen LogP contribution in [0.1, 0.15) is 72.1 Å². The quantitative estimate of drug-likeness (QED) is 0.745. The summed E-state index contributed by atoms with van der Waals surface area (Å²) in [5.41, 5.74) is 6.06. The summed E-state index contributed by atoms with van der Waals surface area (Å²) in [6.07, 6.45) is 9.51. The van der Waals surface area contributed by atoms with Crippen molar-refractivity contribution in [2.45, 2.75) is 78.2 Å². The summed E-state index contributed by atoms with van der Waals surface area (Å²) in [6.45, 7) is 7.21. The third kappa shape index (κ3) is 6.42. The van der Waals surface area contributed by atoms with E-state index in [2.05, 4.69) is 12.2 Å². The van der Waals surface area contributed by atoms with Gasteiger partial charge in [-0.2, -0.15) is 0 Å². The molecule has 0 aromatic heterocycles. The van der Waals surface area contributed by atoms with Gasteiger partial charge in [-0.15, -0.1) is 0 Å². The number of nitrogens with two attached hydrogens (primary N) is 1. The van der Waals surface area contributed by atoms with Crippen molar-refractivity contribution >= 4 is 5.91 Å². The maximum absolute atomic E-state index is 12.1. The first-order chi connectivity index (χ1) is 8.93. The lowest BCUT2D eigenvalue weighted by molar-refractivity contribution is -0.125. The molecule has 3 N–H and O–H groups in total. The maximum atomic E-state index is 12.1. The van der Waals surface area contributed by atoms with E-state index in [0.717, 1.165) is 25.8 Å². The van der Waals surface area contributed by atoms with E-state index < -0.39 is 0 Å². The number of amides is 1. The average molecular weight is 268 g/mol. The van der Waals surface area contributed by atoms with Gasteiger partial charge >= 0.3 is 0 Å². The van der Waals surface area contributed by atoms with Crippen molar-refractivity contribution < 1.29 is 4.79 Å². The van der Waals surface area contributed by atoms with Crippen LogP contribution in [0.25, 0.3) is 0 Å². The molecule has 0 heterocycles. The number of rotatable bonds is 7. The molecule has 2 unspecified atom stereocenters. The van der Waals surface area contributed by atoms with Crippen molar-refractivity contribution in [3.8, 4) is 0 Å². The second-order valence-corrected chi connectivity index (χ2v) is 6.90. The summed E-state index contributed by atoms with van der Waals surface area (Å²) in [4.78, 5) is 12.1. The standard InChI is InChI=1S/C16H32N2O/c1-13(8-7-9-14(2)17)15(19)18-12-16(3)10-5-4-6-11-16/h13-14H,4-12,17H2,1-3H3,(H,18,19). The van der Waals surface area contributed by atoms with Gasteiger partial charge in [0, 0.05) is 18.5 Å². The fourth-order valence-electron chi connectivity index (χ4n) is 2.93.